The Balaban J connectivity index is 1.73. The average Bonchev–Trinajstić information content (AvgIpc) is 2.81. The Hall–Kier alpha value is -0.380. The Labute approximate surface area is 94.9 Å². The molecule has 0 bridgehead atoms. The molecular formula is C12H18O2S. The smallest absolute Gasteiger partial charge is 0.0799 e. The van der Waals surface area contributed by atoms with Crippen molar-refractivity contribution in [2.75, 3.05) is 6.61 Å². The molecule has 0 amide bonds. The summed E-state index contributed by atoms with van der Waals surface area (Å²) in [4.78, 5) is 0. The molecule has 15 heavy (non-hydrogen) atoms. The van der Waals surface area contributed by atoms with Crippen molar-refractivity contribution in [3.63, 3.8) is 0 Å². The molecule has 1 aliphatic rings. The highest BCUT2D eigenvalue weighted by molar-refractivity contribution is 7.07. The van der Waals surface area contributed by atoms with E-state index < -0.39 is 0 Å². The van der Waals surface area contributed by atoms with Crippen molar-refractivity contribution in [2.45, 2.75) is 44.3 Å². The summed E-state index contributed by atoms with van der Waals surface area (Å²) < 4.78 is 5.64. The fraction of sp³-hybridized carbons (Fsp3) is 0.667. The van der Waals surface area contributed by atoms with E-state index in [0.717, 1.165) is 31.4 Å². The van der Waals surface area contributed by atoms with Gasteiger partial charge in [-0.15, -0.1) is 0 Å². The van der Waals surface area contributed by atoms with Gasteiger partial charge in [-0.05, 0) is 54.5 Å². The van der Waals surface area contributed by atoms with Crippen LogP contribution in [0.4, 0.5) is 0 Å². The molecule has 2 nitrogen and oxygen atoms in total. The van der Waals surface area contributed by atoms with E-state index in [1.165, 1.54) is 12.8 Å². The van der Waals surface area contributed by atoms with E-state index in [9.17, 15) is 5.11 Å². The van der Waals surface area contributed by atoms with Gasteiger partial charge in [0.2, 0.25) is 0 Å². The number of ether oxygens (including phenoxy) is 1. The predicted molar refractivity (Wildman–Crippen MR) is 62.1 cm³/mol. The van der Waals surface area contributed by atoms with E-state index in [-0.39, 0.29) is 6.10 Å². The Morgan fingerprint density at radius 2 is 2.47 bits per heavy atom. The molecule has 0 saturated carbocycles. The van der Waals surface area contributed by atoms with E-state index >= 15 is 0 Å². The zero-order valence-corrected chi connectivity index (χ0v) is 9.71. The van der Waals surface area contributed by atoms with E-state index in [4.69, 9.17) is 4.74 Å². The van der Waals surface area contributed by atoms with Gasteiger partial charge in [-0.3, -0.25) is 0 Å². The molecule has 2 heterocycles. The van der Waals surface area contributed by atoms with Crippen LogP contribution < -0.4 is 0 Å². The Kier molecular flexibility index (Phi) is 4.18. The van der Waals surface area contributed by atoms with Crippen LogP contribution in [-0.4, -0.2) is 17.8 Å². The van der Waals surface area contributed by atoms with Gasteiger partial charge in [0.15, 0.2) is 0 Å². The van der Waals surface area contributed by atoms with Crippen molar-refractivity contribution >= 4 is 11.3 Å². The number of hydrogen-bond acceptors (Lipinski definition) is 3. The van der Waals surface area contributed by atoms with Crippen LogP contribution in [0, 0.1) is 0 Å². The maximum atomic E-state index is 9.89. The van der Waals surface area contributed by atoms with Crippen LogP contribution in [0.2, 0.25) is 0 Å². The zero-order valence-electron chi connectivity index (χ0n) is 8.89. The third-order valence-corrected chi connectivity index (χ3v) is 3.67. The van der Waals surface area contributed by atoms with Gasteiger partial charge in [0.1, 0.15) is 0 Å². The lowest BCUT2D eigenvalue weighted by molar-refractivity contribution is 0.00216. The minimum Gasteiger partial charge on any atom is -0.388 e. The lowest BCUT2D eigenvalue weighted by Crippen LogP contribution is -2.19. The normalized spacial score (nSPS) is 23.9. The van der Waals surface area contributed by atoms with E-state index in [0.29, 0.717) is 6.10 Å². The molecule has 0 radical (unpaired) electrons. The highest BCUT2D eigenvalue weighted by Crippen LogP contribution is 2.24. The molecule has 1 saturated heterocycles. The number of aliphatic hydroxyl groups excluding tert-OH is 1. The first kappa shape index (κ1) is 11.1. The lowest BCUT2D eigenvalue weighted by atomic mass is 10.0. The molecule has 1 N–H and O–H groups in total. The van der Waals surface area contributed by atoms with Crippen molar-refractivity contribution in [3.05, 3.63) is 22.4 Å². The number of thiophene rings is 1. The number of rotatable bonds is 4. The van der Waals surface area contributed by atoms with Crippen LogP contribution in [0.15, 0.2) is 16.8 Å². The summed E-state index contributed by atoms with van der Waals surface area (Å²) in [5.74, 6) is 0. The van der Waals surface area contributed by atoms with Crippen LogP contribution in [0.25, 0.3) is 0 Å². The van der Waals surface area contributed by atoms with Gasteiger partial charge in [-0.25, -0.2) is 0 Å². The molecule has 3 heteroatoms. The quantitative estimate of drug-likeness (QED) is 0.854. The summed E-state index contributed by atoms with van der Waals surface area (Å²) >= 11 is 1.64. The second-order valence-electron chi connectivity index (χ2n) is 4.14. The van der Waals surface area contributed by atoms with E-state index in [1.54, 1.807) is 11.3 Å². The molecular weight excluding hydrogens is 208 g/mol. The molecule has 2 atom stereocenters. The minimum absolute atomic E-state index is 0.304. The second kappa shape index (κ2) is 5.64. The van der Waals surface area contributed by atoms with Gasteiger partial charge >= 0.3 is 0 Å². The van der Waals surface area contributed by atoms with Crippen molar-refractivity contribution in [3.8, 4) is 0 Å². The Morgan fingerprint density at radius 3 is 3.13 bits per heavy atom. The fourth-order valence-corrected chi connectivity index (χ4v) is 2.72. The molecule has 1 fully saturated rings. The zero-order chi connectivity index (χ0) is 10.5. The van der Waals surface area contributed by atoms with Crippen LogP contribution >= 0.6 is 11.3 Å². The third-order valence-electron chi connectivity index (χ3n) is 2.96. The van der Waals surface area contributed by atoms with Gasteiger partial charge in [-0.2, -0.15) is 11.3 Å². The molecule has 2 rings (SSSR count). The highest BCUT2D eigenvalue weighted by Gasteiger charge is 2.16. The third kappa shape index (κ3) is 3.30. The van der Waals surface area contributed by atoms with Crippen molar-refractivity contribution in [2.24, 2.45) is 0 Å². The van der Waals surface area contributed by atoms with Crippen molar-refractivity contribution in [1.29, 1.82) is 0 Å². The minimum atomic E-state index is -0.304. The lowest BCUT2D eigenvalue weighted by Gasteiger charge is -2.23. The SMILES string of the molecule is OC(CCC1CCCCO1)c1ccsc1. The Morgan fingerprint density at radius 1 is 1.53 bits per heavy atom. The van der Waals surface area contributed by atoms with E-state index in [1.807, 2.05) is 16.8 Å². The fourth-order valence-electron chi connectivity index (χ4n) is 2.01. The summed E-state index contributed by atoms with van der Waals surface area (Å²) in [6, 6.07) is 2.00. The van der Waals surface area contributed by atoms with Crippen molar-refractivity contribution in [1.82, 2.24) is 0 Å². The van der Waals surface area contributed by atoms with Gasteiger partial charge in [0, 0.05) is 6.61 Å². The molecule has 0 aromatic carbocycles. The first-order valence-electron chi connectivity index (χ1n) is 5.68. The average molecular weight is 226 g/mol. The first-order chi connectivity index (χ1) is 7.36. The topological polar surface area (TPSA) is 29.5 Å². The first-order valence-corrected chi connectivity index (χ1v) is 6.62. The van der Waals surface area contributed by atoms with Crippen molar-refractivity contribution < 1.29 is 9.84 Å². The van der Waals surface area contributed by atoms with Gasteiger partial charge < -0.3 is 9.84 Å². The largest absolute Gasteiger partial charge is 0.388 e. The standard InChI is InChI=1S/C12H18O2S/c13-12(10-6-8-15-9-10)5-4-11-3-1-2-7-14-11/h6,8-9,11-13H,1-5,7H2. The molecule has 0 spiro atoms. The highest BCUT2D eigenvalue weighted by atomic mass is 32.1. The van der Waals surface area contributed by atoms with E-state index in [2.05, 4.69) is 0 Å². The predicted octanol–water partition coefficient (Wildman–Crippen LogP) is 3.13. The van der Waals surface area contributed by atoms with Gasteiger partial charge in [-0.1, -0.05) is 0 Å². The van der Waals surface area contributed by atoms with Crippen LogP contribution in [0.5, 0.6) is 0 Å². The second-order valence-corrected chi connectivity index (χ2v) is 4.92. The molecule has 1 aromatic rings. The number of aliphatic hydroxyl groups is 1. The summed E-state index contributed by atoms with van der Waals surface area (Å²) in [5.41, 5.74) is 1.05. The summed E-state index contributed by atoms with van der Waals surface area (Å²) in [6.07, 6.45) is 5.52. The van der Waals surface area contributed by atoms with Crippen LogP contribution in [0.1, 0.15) is 43.8 Å². The Bertz CT molecular complexity index is 265. The molecule has 0 aliphatic carbocycles. The van der Waals surface area contributed by atoms with Gasteiger partial charge in [0.05, 0.1) is 12.2 Å². The van der Waals surface area contributed by atoms with Crippen LogP contribution in [-0.2, 0) is 4.74 Å². The molecule has 2 unspecified atom stereocenters. The number of hydrogen-bond donors (Lipinski definition) is 1. The molecule has 1 aromatic heterocycles. The maximum absolute atomic E-state index is 9.89. The summed E-state index contributed by atoms with van der Waals surface area (Å²) in [5, 5.41) is 13.9. The molecule has 84 valence electrons. The maximum Gasteiger partial charge on any atom is 0.0799 e. The van der Waals surface area contributed by atoms with Gasteiger partial charge in [0.25, 0.3) is 0 Å². The summed E-state index contributed by atoms with van der Waals surface area (Å²) in [6.45, 7) is 0.902. The summed E-state index contributed by atoms with van der Waals surface area (Å²) in [7, 11) is 0. The van der Waals surface area contributed by atoms with Crippen LogP contribution in [0.3, 0.4) is 0 Å². The molecule has 1 aliphatic heterocycles. The monoisotopic (exact) mass is 226 g/mol.